The van der Waals surface area contributed by atoms with Crippen molar-refractivity contribution in [3.05, 3.63) is 0 Å². The molecule has 24 heavy (non-hydrogen) atoms. The summed E-state index contributed by atoms with van der Waals surface area (Å²) in [4.78, 5) is 42.1. The molecule has 0 radical (unpaired) electrons. The molecule has 0 spiro atoms. The average molecular weight is 345 g/mol. The smallest absolute Gasteiger partial charge is 0.290 e. The van der Waals surface area contributed by atoms with E-state index in [9.17, 15) is 14.4 Å². The van der Waals surface area contributed by atoms with Crippen molar-refractivity contribution in [1.82, 2.24) is 10.6 Å². The molecule has 0 aromatic heterocycles. The minimum Gasteiger partial charge on any atom is -0.483 e. The fourth-order valence-corrected chi connectivity index (χ4v) is 1.67. The van der Waals surface area contributed by atoms with E-state index >= 15 is 0 Å². The standard InChI is InChI=1S/C15H29N3O3.CH2O2/c1-11(2)15(21)18-10-6-8-14(20)17-9-5-4-7-13(16)12(3)19;2-1-3/h11,13H,4-10,16H2,1-3H3,(H,17,20)(H,18,21);1H,(H,2,3). The van der Waals surface area contributed by atoms with Gasteiger partial charge >= 0.3 is 0 Å². The molecule has 0 aromatic carbocycles. The van der Waals surface area contributed by atoms with Crippen molar-refractivity contribution in [3.63, 3.8) is 0 Å². The molecule has 0 aliphatic heterocycles. The lowest BCUT2D eigenvalue weighted by atomic mass is 10.1. The summed E-state index contributed by atoms with van der Waals surface area (Å²) in [6.07, 6.45) is 3.35. The summed E-state index contributed by atoms with van der Waals surface area (Å²) < 4.78 is 0. The maximum Gasteiger partial charge on any atom is 0.290 e. The Morgan fingerprint density at radius 2 is 1.62 bits per heavy atom. The van der Waals surface area contributed by atoms with Crippen LogP contribution < -0.4 is 16.4 Å². The first kappa shape index (κ1) is 24.3. The number of hydrogen-bond donors (Lipinski definition) is 4. The van der Waals surface area contributed by atoms with Crippen LogP contribution in [0.1, 0.15) is 52.9 Å². The van der Waals surface area contributed by atoms with Crippen molar-refractivity contribution in [2.24, 2.45) is 11.7 Å². The summed E-state index contributed by atoms with van der Waals surface area (Å²) in [5, 5.41) is 12.5. The Balaban J connectivity index is 0. The second-order valence-electron chi connectivity index (χ2n) is 5.72. The molecule has 1 atom stereocenters. The van der Waals surface area contributed by atoms with Gasteiger partial charge in [0.25, 0.3) is 6.47 Å². The molecule has 0 bridgehead atoms. The highest BCUT2D eigenvalue weighted by atomic mass is 16.3. The van der Waals surface area contributed by atoms with Gasteiger partial charge < -0.3 is 21.5 Å². The molecule has 140 valence electrons. The quantitative estimate of drug-likeness (QED) is 0.317. The molecular weight excluding hydrogens is 314 g/mol. The number of nitrogens with one attached hydrogen (secondary N) is 2. The zero-order valence-corrected chi connectivity index (χ0v) is 14.8. The molecule has 2 amide bonds. The maximum atomic E-state index is 11.5. The first-order chi connectivity index (χ1) is 11.3. The van der Waals surface area contributed by atoms with Crippen LogP contribution in [0.2, 0.25) is 0 Å². The van der Waals surface area contributed by atoms with Crippen molar-refractivity contribution in [3.8, 4) is 0 Å². The van der Waals surface area contributed by atoms with Gasteiger partial charge in [0.2, 0.25) is 11.8 Å². The number of rotatable bonds is 11. The van der Waals surface area contributed by atoms with Crippen LogP contribution in [0, 0.1) is 5.92 Å². The van der Waals surface area contributed by atoms with Crippen molar-refractivity contribution < 1.29 is 24.3 Å². The number of unbranched alkanes of at least 4 members (excludes halogenated alkanes) is 1. The van der Waals surface area contributed by atoms with E-state index in [0.717, 1.165) is 12.8 Å². The van der Waals surface area contributed by atoms with Crippen LogP contribution in [-0.4, -0.2) is 48.3 Å². The number of carboxylic acid groups (broad SMARTS) is 1. The van der Waals surface area contributed by atoms with Gasteiger partial charge in [-0.1, -0.05) is 13.8 Å². The summed E-state index contributed by atoms with van der Waals surface area (Å²) >= 11 is 0. The van der Waals surface area contributed by atoms with E-state index in [4.69, 9.17) is 15.6 Å². The Morgan fingerprint density at radius 3 is 2.12 bits per heavy atom. The van der Waals surface area contributed by atoms with Crippen molar-refractivity contribution >= 4 is 24.1 Å². The predicted octanol–water partition coefficient (Wildman–Crippen LogP) is 0.442. The number of hydrogen-bond acceptors (Lipinski definition) is 5. The molecule has 0 aliphatic rings. The van der Waals surface area contributed by atoms with Gasteiger partial charge in [-0.2, -0.15) is 0 Å². The average Bonchev–Trinajstić information content (AvgIpc) is 2.51. The van der Waals surface area contributed by atoms with Crippen molar-refractivity contribution in [2.75, 3.05) is 13.1 Å². The molecule has 0 saturated carbocycles. The van der Waals surface area contributed by atoms with Crippen LogP contribution in [0.25, 0.3) is 0 Å². The molecule has 1 unspecified atom stereocenters. The molecule has 0 fully saturated rings. The molecule has 0 saturated heterocycles. The van der Waals surface area contributed by atoms with Gasteiger partial charge in [0.15, 0.2) is 0 Å². The highest BCUT2D eigenvalue weighted by Gasteiger charge is 2.08. The lowest BCUT2D eigenvalue weighted by Gasteiger charge is -2.09. The van der Waals surface area contributed by atoms with E-state index in [1.165, 1.54) is 6.92 Å². The monoisotopic (exact) mass is 345 g/mol. The molecule has 5 N–H and O–H groups in total. The van der Waals surface area contributed by atoms with Crippen LogP contribution >= 0.6 is 0 Å². The van der Waals surface area contributed by atoms with Crippen LogP contribution in [0.3, 0.4) is 0 Å². The Hall–Kier alpha value is -1.96. The molecule has 0 aromatic rings. The highest BCUT2D eigenvalue weighted by molar-refractivity contribution is 5.81. The fraction of sp³-hybridized carbons (Fsp3) is 0.750. The van der Waals surface area contributed by atoms with E-state index in [0.29, 0.717) is 32.4 Å². The van der Waals surface area contributed by atoms with Gasteiger partial charge in [-0.05, 0) is 32.6 Å². The van der Waals surface area contributed by atoms with Gasteiger partial charge in [0.05, 0.1) is 6.04 Å². The second-order valence-corrected chi connectivity index (χ2v) is 5.72. The summed E-state index contributed by atoms with van der Waals surface area (Å²) in [6.45, 7) is 6.03. The zero-order chi connectivity index (χ0) is 19.0. The summed E-state index contributed by atoms with van der Waals surface area (Å²) in [5.41, 5.74) is 5.61. The Bertz CT molecular complexity index is 386. The molecule has 8 nitrogen and oxygen atoms in total. The molecule has 8 heteroatoms. The SMILES string of the molecule is CC(=O)C(N)CCCCNC(=O)CCCNC(=O)C(C)C.O=CO. The minimum absolute atomic E-state index is 0.00230. The Labute approximate surface area is 143 Å². The van der Waals surface area contributed by atoms with E-state index < -0.39 is 0 Å². The van der Waals surface area contributed by atoms with E-state index in [1.807, 2.05) is 13.8 Å². The van der Waals surface area contributed by atoms with Gasteiger partial charge in [0.1, 0.15) is 5.78 Å². The number of ketones is 1. The van der Waals surface area contributed by atoms with Crippen LogP contribution in [0.4, 0.5) is 0 Å². The van der Waals surface area contributed by atoms with E-state index in [-0.39, 0.29) is 36.0 Å². The molecule has 0 heterocycles. The Kier molecular flexibility index (Phi) is 16.1. The van der Waals surface area contributed by atoms with Gasteiger partial charge in [-0.15, -0.1) is 0 Å². The molecule has 0 aliphatic carbocycles. The number of carbonyl (C=O) groups is 4. The largest absolute Gasteiger partial charge is 0.483 e. The lowest BCUT2D eigenvalue weighted by molar-refractivity contribution is -0.124. The Morgan fingerprint density at radius 1 is 1.08 bits per heavy atom. The number of amides is 2. The fourth-order valence-electron chi connectivity index (χ4n) is 1.67. The van der Waals surface area contributed by atoms with Crippen molar-refractivity contribution in [1.29, 1.82) is 0 Å². The number of nitrogens with two attached hydrogens (primary N) is 1. The molecular formula is C16H31N3O5. The third kappa shape index (κ3) is 16.4. The van der Waals surface area contributed by atoms with E-state index in [2.05, 4.69) is 10.6 Å². The van der Waals surface area contributed by atoms with Gasteiger partial charge in [-0.3, -0.25) is 19.2 Å². The zero-order valence-electron chi connectivity index (χ0n) is 14.8. The third-order valence-corrected chi connectivity index (χ3v) is 3.19. The molecule has 0 rings (SSSR count). The van der Waals surface area contributed by atoms with Crippen molar-refractivity contribution in [2.45, 2.75) is 58.9 Å². The number of Topliss-reactive ketones (excluding diaryl/α,β-unsaturated/α-hetero) is 1. The summed E-state index contributed by atoms with van der Waals surface area (Å²) in [7, 11) is 0. The minimum atomic E-state index is -0.384. The first-order valence-electron chi connectivity index (χ1n) is 8.14. The van der Waals surface area contributed by atoms with Crippen LogP contribution in [0.5, 0.6) is 0 Å². The lowest BCUT2D eigenvalue weighted by Crippen LogP contribution is -2.30. The summed E-state index contributed by atoms with van der Waals surface area (Å²) in [6, 6.07) is -0.384. The normalized spacial score (nSPS) is 11.0. The summed E-state index contributed by atoms with van der Waals surface area (Å²) in [5.74, 6) is -0.0236. The topological polar surface area (TPSA) is 139 Å². The number of carbonyl (C=O) groups excluding carboxylic acids is 3. The van der Waals surface area contributed by atoms with Crippen LogP contribution in [0.15, 0.2) is 0 Å². The third-order valence-electron chi connectivity index (χ3n) is 3.19. The van der Waals surface area contributed by atoms with Gasteiger partial charge in [-0.25, -0.2) is 0 Å². The second kappa shape index (κ2) is 15.9. The van der Waals surface area contributed by atoms with Crippen LogP contribution in [-0.2, 0) is 19.2 Å². The maximum absolute atomic E-state index is 11.5. The van der Waals surface area contributed by atoms with Gasteiger partial charge in [0, 0.05) is 25.4 Å². The highest BCUT2D eigenvalue weighted by Crippen LogP contribution is 1.99. The first-order valence-corrected chi connectivity index (χ1v) is 8.14. The predicted molar refractivity (Wildman–Crippen MR) is 91.3 cm³/mol. The van der Waals surface area contributed by atoms with E-state index in [1.54, 1.807) is 0 Å².